The van der Waals surface area contributed by atoms with Crippen molar-refractivity contribution in [3.8, 4) is 0 Å². The Labute approximate surface area is 79.6 Å². The van der Waals surface area contributed by atoms with Gasteiger partial charge in [0.2, 0.25) is 0 Å². The number of rotatable bonds is 3. The van der Waals surface area contributed by atoms with Crippen molar-refractivity contribution >= 4 is 11.8 Å². The second-order valence-electron chi connectivity index (χ2n) is 3.30. The Morgan fingerprint density at radius 3 is 3.08 bits per heavy atom. The average Bonchev–Trinajstić information content (AvgIpc) is 2.27. The zero-order valence-corrected chi connectivity index (χ0v) is 8.90. The standard InChI is InChI=1S/C9H19NOS/c1-9-3-4-10(5-7-11-2)6-8-12-9/h9H,3-8H2,1-2H3. The highest BCUT2D eigenvalue weighted by molar-refractivity contribution is 7.99. The first-order chi connectivity index (χ1) is 5.83. The lowest BCUT2D eigenvalue weighted by atomic mass is 10.3. The van der Waals surface area contributed by atoms with E-state index in [1.807, 2.05) is 0 Å². The van der Waals surface area contributed by atoms with Crippen molar-refractivity contribution in [3.05, 3.63) is 0 Å². The maximum Gasteiger partial charge on any atom is 0.0589 e. The molecule has 2 nitrogen and oxygen atoms in total. The first-order valence-electron chi connectivity index (χ1n) is 4.66. The Morgan fingerprint density at radius 2 is 2.33 bits per heavy atom. The average molecular weight is 189 g/mol. The van der Waals surface area contributed by atoms with Gasteiger partial charge in [-0.15, -0.1) is 0 Å². The number of nitrogens with zero attached hydrogens (tertiary/aromatic N) is 1. The third kappa shape index (κ3) is 3.78. The van der Waals surface area contributed by atoms with Crippen molar-refractivity contribution in [1.82, 2.24) is 4.90 Å². The SMILES string of the molecule is COCCN1CCSC(C)CC1. The fraction of sp³-hybridized carbons (Fsp3) is 1.00. The van der Waals surface area contributed by atoms with Crippen LogP contribution in [0.3, 0.4) is 0 Å². The topological polar surface area (TPSA) is 12.5 Å². The molecule has 0 radical (unpaired) electrons. The van der Waals surface area contributed by atoms with Crippen molar-refractivity contribution in [2.75, 3.05) is 39.1 Å². The summed E-state index contributed by atoms with van der Waals surface area (Å²) in [5.41, 5.74) is 0. The Morgan fingerprint density at radius 1 is 1.50 bits per heavy atom. The van der Waals surface area contributed by atoms with E-state index in [4.69, 9.17) is 4.74 Å². The van der Waals surface area contributed by atoms with Gasteiger partial charge < -0.3 is 9.64 Å². The molecule has 1 unspecified atom stereocenters. The van der Waals surface area contributed by atoms with Gasteiger partial charge in [0.15, 0.2) is 0 Å². The molecule has 0 aromatic carbocycles. The molecule has 0 bridgehead atoms. The first-order valence-corrected chi connectivity index (χ1v) is 5.70. The van der Waals surface area contributed by atoms with Gasteiger partial charge >= 0.3 is 0 Å². The smallest absolute Gasteiger partial charge is 0.0589 e. The summed E-state index contributed by atoms with van der Waals surface area (Å²) >= 11 is 2.09. The molecule has 0 N–H and O–H groups in total. The molecule has 3 heteroatoms. The van der Waals surface area contributed by atoms with Gasteiger partial charge in [-0.2, -0.15) is 11.8 Å². The predicted molar refractivity (Wildman–Crippen MR) is 54.9 cm³/mol. The molecule has 1 heterocycles. The molecule has 1 fully saturated rings. The van der Waals surface area contributed by atoms with Gasteiger partial charge in [0.25, 0.3) is 0 Å². The number of ether oxygens (including phenoxy) is 1. The van der Waals surface area contributed by atoms with Crippen LogP contribution >= 0.6 is 11.8 Å². The highest BCUT2D eigenvalue weighted by atomic mass is 32.2. The van der Waals surface area contributed by atoms with Crippen molar-refractivity contribution in [2.45, 2.75) is 18.6 Å². The van der Waals surface area contributed by atoms with Crippen LogP contribution in [0.2, 0.25) is 0 Å². The number of hydrogen-bond donors (Lipinski definition) is 0. The number of hydrogen-bond acceptors (Lipinski definition) is 3. The summed E-state index contributed by atoms with van der Waals surface area (Å²) in [6.45, 7) is 6.78. The Hall–Kier alpha value is 0.270. The van der Waals surface area contributed by atoms with E-state index in [-0.39, 0.29) is 0 Å². The van der Waals surface area contributed by atoms with Crippen molar-refractivity contribution in [1.29, 1.82) is 0 Å². The van der Waals surface area contributed by atoms with E-state index in [1.54, 1.807) is 7.11 Å². The molecule has 72 valence electrons. The summed E-state index contributed by atoms with van der Waals surface area (Å²) in [6.07, 6.45) is 1.33. The van der Waals surface area contributed by atoms with Gasteiger partial charge in [-0.1, -0.05) is 6.92 Å². The molecule has 0 spiro atoms. The van der Waals surface area contributed by atoms with E-state index in [1.165, 1.54) is 25.3 Å². The molecule has 1 aliphatic heterocycles. The van der Waals surface area contributed by atoms with Crippen molar-refractivity contribution < 1.29 is 4.74 Å². The zero-order chi connectivity index (χ0) is 8.81. The molecule has 1 saturated heterocycles. The highest BCUT2D eigenvalue weighted by Crippen LogP contribution is 2.18. The minimum Gasteiger partial charge on any atom is -0.383 e. The second kappa shape index (κ2) is 5.84. The fourth-order valence-corrected chi connectivity index (χ4v) is 2.42. The third-order valence-electron chi connectivity index (χ3n) is 2.27. The van der Waals surface area contributed by atoms with E-state index in [0.29, 0.717) is 0 Å². The van der Waals surface area contributed by atoms with Crippen molar-refractivity contribution in [2.24, 2.45) is 0 Å². The van der Waals surface area contributed by atoms with Crippen LogP contribution in [0, 0.1) is 0 Å². The van der Waals surface area contributed by atoms with Gasteiger partial charge in [-0.05, 0) is 13.0 Å². The molecule has 0 aliphatic carbocycles. The number of methoxy groups -OCH3 is 1. The maximum absolute atomic E-state index is 5.06. The van der Waals surface area contributed by atoms with Crippen LogP contribution in [0.25, 0.3) is 0 Å². The minimum atomic E-state index is 0.845. The molecule has 0 aromatic heterocycles. The first kappa shape index (κ1) is 10.4. The second-order valence-corrected chi connectivity index (χ2v) is 4.85. The molecule has 1 aliphatic rings. The number of thioether (sulfide) groups is 1. The molecule has 0 aromatic rings. The van der Waals surface area contributed by atoms with Crippen LogP contribution < -0.4 is 0 Å². The molecule has 1 atom stereocenters. The maximum atomic E-state index is 5.06. The van der Waals surface area contributed by atoms with Crippen LogP contribution in [0.4, 0.5) is 0 Å². The van der Waals surface area contributed by atoms with Crippen LogP contribution in [0.5, 0.6) is 0 Å². The van der Waals surface area contributed by atoms with E-state index in [0.717, 1.165) is 18.4 Å². The minimum absolute atomic E-state index is 0.845. The molecule has 12 heavy (non-hydrogen) atoms. The molecular formula is C9H19NOS. The molecular weight excluding hydrogens is 170 g/mol. The molecule has 1 rings (SSSR count). The zero-order valence-electron chi connectivity index (χ0n) is 8.08. The summed E-state index contributed by atoms with van der Waals surface area (Å²) in [7, 11) is 1.77. The molecule has 0 amide bonds. The van der Waals surface area contributed by atoms with Gasteiger partial charge in [-0.3, -0.25) is 0 Å². The lowest BCUT2D eigenvalue weighted by Crippen LogP contribution is -2.29. The predicted octanol–water partition coefficient (Wildman–Crippen LogP) is 1.46. The lowest BCUT2D eigenvalue weighted by Gasteiger charge is -2.18. The summed E-state index contributed by atoms with van der Waals surface area (Å²) in [4.78, 5) is 2.50. The van der Waals surface area contributed by atoms with Crippen LogP contribution in [-0.4, -0.2) is 49.3 Å². The van der Waals surface area contributed by atoms with Crippen LogP contribution in [0.15, 0.2) is 0 Å². The monoisotopic (exact) mass is 189 g/mol. The Balaban J connectivity index is 2.17. The van der Waals surface area contributed by atoms with Crippen LogP contribution in [0.1, 0.15) is 13.3 Å². The van der Waals surface area contributed by atoms with Gasteiger partial charge in [-0.25, -0.2) is 0 Å². The quantitative estimate of drug-likeness (QED) is 0.667. The van der Waals surface area contributed by atoms with E-state index in [2.05, 4.69) is 23.6 Å². The summed E-state index contributed by atoms with van der Waals surface area (Å²) < 4.78 is 5.06. The van der Waals surface area contributed by atoms with Gasteiger partial charge in [0, 0.05) is 31.2 Å². The lowest BCUT2D eigenvalue weighted by molar-refractivity contribution is 0.152. The Bertz CT molecular complexity index is 119. The van der Waals surface area contributed by atoms with E-state index < -0.39 is 0 Å². The summed E-state index contributed by atoms with van der Waals surface area (Å²) in [5.74, 6) is 1.28. The summed E-state index contributed by atoms with van der Waals surface area (Å²) in [5, 5.41) is 0.845. The third-order valence-corrected chi connectivity index (χ3v) is 3.50. The largest absolute Gasteiger partial charge is 0.383 e. The van der Waals surface area contributed by atoms with E-state index in [9.17, 15) is 0 Å². The van der Waals surface area contributed by atoms with E-state index >= 15 is 0 Å². The highest BCUT2D eigenvalue weighted by Gasteiger charge is 2.12. The molecule has 0 saturated carbocycles. The van der Waals surface area contributed by atoms with Crippen molar-refractivity contribution in [3.63, 3.8) is 0 Å². The van der Waals surface area contributed by atoms with Gasteiger partial charge in [0.05, 0.1) is 6.61 Å². The van der Waals surface area contributed by atoms with Crippen LogP contribution in [-0.2, 0) is 4.74 Å². The van der Waals surface area contributed by atoms with Gasteiger partial charge in [0.1, 0.15) is 0 Å². The normalized spacial score (nSPS) is 27.0. The Kier molecular flexibility index (Phi) is 5.04. The summed E-state index contributed by atoms with van der Waals surface area (Å²) in [6, 6.07) is 0. The fourth-order valence-electron chi connectivity index (χ4n) is 1.39.